The molecule has 6 heteroatoms. The van der Waals surface area contributed by atoms with Crippen molar-refractivity contribution in [3.05, 3.63) is 0 Å². The topological polar surface area (TPSA) is 32.3 Å². The number of thioether (sulfide) groups is 1. The van der Waals surface area contributed by atoms with Gasteiger partial charge in [0.05, 0.1) is 5.60 Å². The van der Waals surface area contributed by atoms with Gasteiger partial charge in [0.15, 0.2) is 0 Å². The fourth-order valence-corrected chi connectivity index (χ4v) is 2.60. The summed E-state index contributed by atoms with van der Waals surface area (Å²) < 4.78 is 35.6. The maximum atomic E-state index is 11.9. The van der Waals surface area contributed by atoms with Gasteiger partial charge in [-0.25, -0.2) is 0 Å². The van der Waals surface area contributed by atoms with Gasteiger partial charge in [-0.2, -0.15) is 13.2 Å². The molecule has 0 amide bonds. The van der Waals surface area contributed by atoms with Crippen LogP contribution in [-0.4, -0.2) is 35.1 Å². The Morgan fingerprint density at radius 3 is 2.24 bits per heavy atom. The molecule has 0 bridgehead atoms. The summed E-state index contributed by atoms with van der Waals surface area (Å²) in [7, 11) is 0. The number of hydrogen-bond donors (Lipinski definition) is 2. The number of nitrogens with one attached hydrogen (secondary N) is 1. The molecule has 1 aliphatic rings. The molecule has 0 aromatic heterocycles. The Bertz CT molecular complexity index is 215. The Morgan fingerprint density at radius 2 is 1.71 bits per heavy atom. The fourth-order valence-electron chi connectivity index (χ4n) is 2.12. The maximum absolute atomic E-state index is 11.9. The lowest BCUT2D eigenvalue weighted by Crippen LogP contribution is -2.41. The van der Waals surface area contributed by atoms with Gasteiger partial charge in [0.2, 0.25) is 0 Å². The Labute approximate surface area is 104 Å². The van der Waals surface area contributed by atoms with Gasteiger partial charge in [-0.05, 0) is 24.6 Å². The third-order valence-corrected chi connectivity index (χ3v) is 3.77. The second-order valence-electron chi connectivity index (χ2n) is 4.61. The molecule has 0 aliphatic heterocycles. The summed E-state index contributed by atoms with van der Waals surface area (Å²) in [5.74, 6) is -0.000417. The molecule has 0 spiro atoms. The molecule has 2 N–H and O–H groups in total. The molecule has 1 saturated carbocycles. The van der Waals surface area contributed by atoms with E-state index in [1.807, 2.05) is 0 Å². The van der Waals surface area contributed by atoms with Crippen LogP contribution in [0.2, 0.25) is 0 Å². The van der Waals surface area contributed by atoms with Crippen molar-refractivity contribution >= 4 is 11.8 Å². The van der Waals surface area contributed by atoms with E-state index in [0.29, 0.717) is 6.54 Å². The zero-order chi connectivity index (χ0) is 12.8. The minimum atomic E-state index is -4.15. The highest BCUT2D eigenvalue weighted by Crippen LogP contribution is 2.29. The van der Waals surface area contributed by atoms with Gasteiger partial charge < -0.3 is 10.4 Å². The third-order valence-electron chi connectivity index (χ3n) is 3.03. The highest BCUT2D eigenvalue weighted by Gasteiger charge is 2.29. The summed E-state index contributed by atoms with van der Waals surface area (Å²) in [6.07, 6.45) is 5.82. The van der Waals surface area contributed by atoms with E-state index in [9.17, 15) is 18.3 Å². The molecule has 0 saturated heterocycles. The van der Waals surface area contributed by atoms with Crippen LogP contribution in [0.3, 0.4) is 0 Å². The second kappa shape index (κ2) is 6.85. The van der Waals surface area contributed by atoms with Gasteiger partial charge in [-0.3, -0.25) is 0 Å². The fraction of sp³-hybridized carbons (Fsp3) is 1.00. The predicted molar refractivity (Wildman–Crippen MR) is 64.0 cm³/mol. The van der Waals surface area contributed by atoms with Gasteiger partial charge in [-0.15, -0.1) is 0 Å². The largest absolute Gasteiger partial charge is 0.441 e. The van der Waals surface area contributed by atoms with E-state index in [1.54, 1.807) is 0 Å². The number of aliphatic hydroxyl groups is 1. The van der Waals surface area contributed by atoms with Crippen LogP contribution in [0.5, 0.6) is 0 Å². The molecule has 17 heavy (non-hydrogen) atoms. The molecule has 0 heterocycles. The van der Waals surface area contributed by atoms with Gasteiger partial charge >= 0.3 is 5.51 Å². The van der Waals surface area contributed by atoms with Gasteiger partial charge in [0.1, 0.15) is 0 Å². The highest BCUT2D eigenvalue weighted by atomic mass is 32.2. The molecule has 0 aromatic rings. The first-order valence-electron chi connectivity index (χ1n) is 6.05. The lowest BCUT2D eigenvalue weighted by atomic mass is 9.94. The normalized spacial score (nSPS) is 21.2. The van der Waals surface area contributed by atoms with E-state index < -0.39 is 11.1 Å². The van der Waals surface area contributed by atoms with E-state index in [-0.39, 0.29) is 24.1 Å². The summed E-state index contributed by atoms with van der Waals surface area (Å²) in [6.45, 7) is 0.692. The first-order chi connectivity index (χ1) is 7.91. The van der Waals surface area contributed by atoms with Crippen molar-refractivity contribution in [1.82, 2.24) is 5.32 Å². The van der Waals surface area contributed by atoms with Crippen LogP contribution in [-0.2, 0) is 0 Å². The molecule has 0 unspecified atom stereocenters. The van der Waals surface area contributed by atoms with E-state index in [4.69, 9.17) is 0 Å². The Hall–Kier alpha value is 0.0600. The monoisotopic (exact) mass is 271 g/mol. The van der Waals surface area contributed by atoms with Crippen molar-refractivity contribution in [2.24, 2.45) is 0 Å². The molecule has 0 aromatic carbocycles. The molecule has 0 radical (unpaired) electrons. The minimum absolute atomic E-state index is 0.000417. The van der Waals surface area contributed by atoms with Crippen molar-refractivity contribution in [2.75, 3.05) is 18.8 Å². The van der Waals surface area contributed by atoms with Gasteiger partial charge in [-0.1, -0.05) is 25.7 Å². The molecule has 1 rings (SSSR count). The molecule has 1 fully saturated rings. The average Bonchev–Trinajstić information content (AvgIpc) is 2.41. The summed E-state index contributed by atoms with van der Waals surface area (Å²) in [4.78, 5) is 0. The van der Waals surface area contributed by atoms with Gasteiger partial charge in [0, 0.05) is 18.8 Å². The Balaban J connectivity index is 2.12. The van der Waals surface area contributed by atoms with Crippen LogP contribution >= 0.6 is 11.8 Å². The van der Waals surface area contributed by atoms with Crippen LogP contribution < -0.4 is 5.32 Å². The molecule has 0 atom stereocenters. The van der Waals surface area contributed by atoms with Crippen LogP contribution in [0.1, 0.15) is 38.5 Å². The van der Waals surface area contributed by atoms with Crippen molar-refractivity contribution in [2.45, 2.75) is 49.6 Å². The first kappa shape index (κ1) is 15.1. The van der Waals surface area contributed by atoms with Crippen molar-refractivity contribution in [3.63, 3.8) is 0 Å². The van der Waals surface area contributed by atoms with E-state index in [2.05, 4.69) is 5.32 Å². The number of rotatable bonds is 5. The van der Waals surface area contributed by atoms with Crippen LogP contribution in [0.4, 0.5) is 13.2 Å². The third kappa shape index (κ3) is 7.16. The lowest BCUT2D eigenvalue weighted by molar-refractivity contribution is -0.0327. The molecule has 2 nitrogen and oxygen atoms in total. The predicted octanol–water partition coefficient (Wildman–Crippen LogP) is 2.91. The summed E-state index contributed by atoms with van der Waals surface area (Å²) >= 11 is -0.0209. The quantitative estimate of drug-likeness (QED) is 0.595. The number of halogens is 3. The van der Waals surface area contributed by atoms with Crippen molar-refractivity contribution in [3.8, 4) is 0 Å². The molecular formula is C11H20F3NOS. The minimum Gasteiger partial charge on any atom is -0.389 e. The molecular weight excluding hydrogens is 251 g/mol. The zero-order valence-electron chi connectivity index (χ0n) is 9.85. The van der Waals surface area contributed by atoms with Crippen LogP contribution in [0.25, 0.3) is 0 Å². The Morgan fingerprint density at radius 1 is 1.12 bits per heavy atom. The maximum Gasteiger partial charge on any atom is 0.441 e. The van der Waals surface area contributed by atoms with Crippen LogP contribution in [0.15, 0.2) is 0 Å². The zero-order valence-corrected chi connectivity index (χ0v) is 10.7. The highest BCUT2D eigenvalue weighted by molar-refractivity contribution is 8.00. The number of alkyl halides is 3. The van der Waals surface area contributed by atoms with Crippen molar-refractivity contribution < 1.29 is 18.3 Å². The average molecular weight is 271 g/mol. The standard InChI is InChI=1S/C11H20F3NOS/c12-11(13,14)17-8-7-15-9-10(16)5-3-1-2-4-6-10/h15-16H,1-9H2. The van der Waals surface area contributed by atoms with E-state index in [1.165, 1.54) is 0 Å². The first-order valence-corrected chi connectivity index (χ1v) is 7.04. The number of hydrogen-bond acceptors (Lipinski definition) is 3. The molecule has 102 valence electrons. The summed E-state index contributed by atoms with van der Waals surface area (Å²) in [5.41, 5.74) is -4.86. The van der Waals surface area contributed by atoms with E-state index in [0.717, 1.165) is 38.5 Å². The van der Waals surface area contributed by atoms with Gasteiger partial charge in [0.25, 0.3) is 0 Å². The van der Waals surface area contributed by atoms with Crippen LogP contribution in [0, 0.1) is 0 Å². The summed E-state index contributed by atoms with van der Waals surface area (Å²) in [6, 6.07) is 0. The Kier molecular flexibility index (Phi) is 6.09. The lowest BCUT2D eigenvalue weighted by Gasteiger charge is -2.26. The second-order valence-corrected chi connectivity index (χ2v) is 5.77. The summed E-state index contributed by atoms with van der Waals surface area (Å²) in [5, 5.41) is 13.1. The van der Waals surface area contributed by atoms with Crippen molar-refractivity contribution in [1.29, 1.82) is 0 Å². The van der Waals surface area contributed by atoms with E-state index >= 15 is 0 Å². The smallest absolute Gasteiger partial charge is 0.389 e. The SMILES string of the molecule is OC1(CNCCSC(F)(F)F)CCCCCC1. The molecule has 1 aliphatic carbocycles.